The Morgan fingerprint density at radius 2 is 1.75 bits per heavy atom. The van der Waals surface area contributed by atoms with Crippen LogP contribution < -0.4 is 0 Å². The molecule has 2 aromatic carbocycles. The molecule has 0 unspecified atom stereocenters. The molecule has 142 valence electrons. The highest BCUT2D eigenvalue weighted by molar-refractivity contribution is 7.90. The van der Waals surface area contributed by atoms with Crippen LogP contribution in [-0.4, -0.2) is 22.2 Å². The zero-order valence-electron chi connectivity index (χ0n) is 15.4. The molecular formula is C21H18FN3O2S. The fraction of sp³-hybridized carbons (Fsp3) is 0.0952. The lowest BCUT2D eigenvalue weighted by molar-refractivity contribution is 0.587. The molecule has 2 heterocycles. The molecule has 0 bridgehead atoms. The Balaban J connectivity index is 1.86. The molecule has 0 saturated heterocycles. The molecule has 0 atom stereocenters. The van der Waals surface area contributed by atoms with Gasteiger partial charge in [-0.1, -0.05) is 24.3 Å². The van der Waals surface area contributed by atoms with E-state index >= 15 is 0 Å². The van der Waals surface area contributed by atoms with Gasteiger partial charge in [0, 0.05) is 30.6 Å². The summed E-state index contributed by atoms with van der Waals surface area (Å²) in [6, 6.07) is 14.5. The fourth-order valence-electron chi connectivity index (χ4n) is 3.16. The lowest BCUT2D eigenvalue weighted by Gasteiger charge is -2.12. The minimum absolute atomic E-state index is 0.127. The second kappa shape index (κ2) is 6.76. The van der Waals surface area contributed by atoms with Crippen LogP contribution in [0.25, 0.3) is 22.4 Å². The topological polar surface area (TPSA) is 56.9 Å². The van der Waals surface area contributed by atoms with Crippen molar-refractivity contribution in [2.75, 3.05) is 0 Å². The van der Waals surface area contributed by atoms with E-state index in [0.29, 0.717) is 5.69 Å². The third-order valence-corrected chi connectivity index (χ3v) is 6.17. The second-order valence-electron chi connectivity index (χ2n) is 6.61. The Hall–Kier alpha value is -3.19. The number of benzene rings is 2. The van der Waals surface area contributed by atoms with Crippen molar-refractivity contribution in [3.63, 3.8) is 0 Å². The molecular weight excluding hydrogens is 377 g/mol. The number of hydrogen-bond acceptors (Lipinski definition) is 3. The maximum absolute atomic E-state index is 14.3. The van der Waals surface area contributed by atoms with E-state index in [1.54, 1.807) is 61.2 Å². The molecule has 0 fully saturated rings. The first-order chi connectivity index (χ1) is 13.4. The maximum Gasteiger partial charge on any atom is 0.268 e. The average molecular weight is 395 g/mol. The standard InChI is InChI=1S/C21H18FN3O2S/c1-15-10-21(19-8-3-4-9-20(19)22)25(13-15)28(26,27)18-7-5-6-16(11-18)17-12-23-24(2)14-17/h3-14H,1-2H3. The lowest BCUT2D eigenvalue weighted by Crippen LogP contribution is -2.13. The van der Waals surface area contributed by atoms with Crippen molar-refractivity contribution in [1.82, 2.24) is 13.8 Å². The molecule has 0 saturated carbocycles. The molecule has 7 heteroatoms. The Kier molecular flexibility index (Phi) is 4.39. The fourth-order valence-corrected chi connectivity index (χ4v) is 4.62. The molecule has 0 aliphatic rings. The number of hydrogen-bond donors (Lipinski definition) is 0. The molecule has 2 aromatic heterocycles. The van der Waals surface area contributed by atoms with Crippen molar-refractivity contribution in [2.45, 2.75) is 11.8 Å². The van der Waals surface area contributed by atoms with Crippen LogP contribution in [0.2, 0.25) is 0 Å². The van der Waals surface area contributed by atoms with Gasteiger partial charge >= 0.3 is 0 Å². The zero-order chi connectivity index (χ0) is 19.9. The van der Waals surface area contributed by atoms with Crippen LogP contribution in [0, 0.1) is 12.7 Å². The maximum atomic E-state index is 14.3. The van der Waals surface area contributed by atoms with Gasteiger partial charge in [0.05, 0.1) is 16.8 Å². The first-order valence-corrected chi connectivity index (χ1v) is 10.1. The van der Waals surface area contributed by atoms with Gasteiger partial charge in [0.1, 0.15) is 5.82 Å². The number of rotatable bonds is 4. The minimum atomic E-state index is -3.91. The summed E-state index contributed by atoms with van der Waals surface area (Å²) in [4.78, 5) is 0.127. The Morgan fingerprint density at radius 1 is 0.964 bits per heavy atom. The molecule has 0 amide bonds. The van der Waals surface area contributed by atoms with Crippen molar-refractivity contribution in [3.05, 3.63) is 84.6 Å². The van der Waals surface area contributed by atoms with Crippen LogP contribution in [0.3, 0.4) is 0 Å². The predicted molar refractivity (Wildman–Crippen MR) is 106 cm³/mol. The Labute approximate surface area is 162 Å². The van der Waals surface area contributed by atoms with Crippen molar-refractivity contribution in [1.29, 1.82) is 0 Å². The van der Waals surface area contributed by atoms with Gasteiger partial charge in [-0.25, -0.2) is 16.8 Å². The van der Waals surface area contributed by atoms with E-state index in [2.05, 4.69) is 5.10 Å². The summed E-state index contributed by atoms with van der Waals surface area (Å²) in [5.74, 6) is -0.471. The van der Waals surface area contributed by atoms with Gasteiger partial charge in [0.15, 0.2) is 0 Å². The Morgan fingerprint density at radius 3 is 2.46 bits per heavy atom. The van der Waals surface area contributed by atoms with Gasteiger partial charge in [-0.2, -0.15) is 5.10 Å². The van der Waals surface area contributed by atoms with E-state index in [9.17, 15) is 12.8 Å². The van der Waals surface area contributed by atoms with Gasteiger partial charge in [0.2, 0.25) is 0 Å². The smallest absolute Gasteiger partial charge is 0.268 e. The van der Waals surface area contributed by atoms with Crippen LogP contribution in [0.4, 0.5) is 4.39 Å². The summed E-state index contributed by atoms with van der Waals surface area (Å²) in [7, 11) is -2.12. The summed E-state index contributed by atoms with van der Waals surface area (Å²) in [5.41, 5.74) is 2.82. The summed E-state index contributed by atoms with van der Waals surface area (Å²) < 4.78 is 43.8. The second-order valence-corrected chi connectivity index (χ2v) is 8.43. The number of aromatic nitrogens is 3. The highest BCUT2D eigenvalue weighted by Gasteiger charge is 2.23. The summed E-state index contributed by atoms with van der Waals surface area (Å²) in [6.45, 7) is 1.78. The Bertz CT molecular complexity index is 1270. The third-order valence-electron chi connectivity index (χ3n) is 4.50. The van der Waals surface area contributed by atoms with E-state index in [1.165, 1.54) is 18.3 Å². The average Bonchev–Trinajstić information content (AvgIpc) is 3.28. The van der Waals surface area contributed by atoms with Gasteiger partial charge in [-0.05, 0) is 48.4 Å². The molecule has 0 aliphatic carbocycles. The lowest BCUT2D eigenvalue weighted by atomic mass is 10.1. The molecule has 4 aromatic rings. The largest absolute Gasteiger partial charge is 0.275 e. The van der Waals surface area contributed by atoms with Crippen LogP contribution >= 0.6 is 0 Å². The monoisotopic (exact) mass is 395 g/mol. The quantitative estimate of drug-likeness (QED) is 0.519. The van der Waals surface area contributed by atoms with E-state index in [-0.39, 0.29) is 10.5 Å². The van der Waals surface area contributed by atoms with Crippen molar-refractivity contribution in [2.24, 2.45) is 7.05 Å². The van der Waals surface area contributed by atoms with Crippen molar-refractivity contribution >= 4 is 10.0 Å². The first kappa shape index (κ1) is 18.2. The first-order valence-electron chi connectivity index (χ1n) is 8.65. The van der Waals surface area contributed by atoms with Crippen LogP contribution in [0.5, 0.6) is 0 Å². The molecule has 4 rings (SSSR count). The summed E-state index contributed by atoms with van der Waals surface area (Å²) in [6.07, 6.45) is 5.00. The van der Waals surface area contributed by atoms with E-state index in [0.717, 1.165) is 20.7 Å². The molecule has 0 spiro atoms. The molecule has 0 radical (unpaired) electrons. The minimum Gasteiger partial charge on any atom is -0.275 e. The number of nitrogens with zero attached hydrogens (tertiary/aromatic N) is 3. The molecule has 5 nitrogen and oxygen atoms in total. The van der Waals surface area contributed by atoms with E-state index in [1.807, 2.05) is 12.3 Å². The van der Waals surface area contributed by atoms with Gasteiger partial charge in [-0.15, -0.1) is 0 Å². The highest BCUT2D eigenvalue weighted by atomic mass is 32.2. The van der Waals surface area contributed by atoms with Gasteiger partial charge in [0.25, 0.3) is 10.0 Å². The zero-order valence-corrected chi connectivity index (χ0v) is 16.2. The van der Waals surface area contributed by atoms with Crippen LogP contribution in [0.1, 0.15) is 5.56 Å². The van der Waals surface area contributed by atoms with Crippen LogP contribution in [0.15, 0.2) is 78.1 Å². The van der Waals surface area contributed by atoms with Crippen LogP contribution in [-0.2, 0) is 17.1 Å². The molecule has 28 heavy (non-hydrogen) atoms. The normalized spacial score (nSPS) is 11.7. The van der Waals surface area contributed by atoms with Gasteiger partial charge in [-0.3, -0.25) is 4.68 Å². The van der Waals surface area contributed by atoms with E-state index < -0.39 is 15.8 Å². The van der Waals surface area contributed by atoms with Crippen molar-refractivity contribution in [3.8, 4) is 22.4 Å². The molecule has 0 aliphatic heterocycles. The highest BCUT2D eigenvalue weighted by Crippen LogP contribution is 2.30. The number of halogens is 1. The predicted octanol–water partition coefficient (Wildman–Crippen LogP) is 4.24. The van der Waals surface area contributed by atoms with E-state index in [4.69, 9.17) is 0 Å². The molecule has 0 N–H and O–H groups in total. The SMILES string of the molecule is Cc1cc(-c2ccccc2F)n(S(=O)(=O)c2cccc(-c3cnn(C)c3)c2)c1. The van der Waals surface area contributed by atoms with Gasteiger partial charge < -0.3 is 0 Å². The summed E-state index contributed by atoms with van der Waals surface area (Å²) >= 11 is 0. The number of aryl methyl sites for hydroxylation is 2. The summed E-state index contributed by atoms with van der Waals surface area (Å²) in [5, 5.41) is 4.13. The van der Waals surface area contributed by atoms with Crippen molar-refractivity contribution < 1.29 is 12.8 Å². The third kappa shape index (κ3) is 3.14.